The van der Waals surface area contributed by atoms with Crippen molar-refractivity contribution in [2.45, 2.75) is 38.9 Å². The second-order valence-electron chi connectivity index (χ2n) is 6.96. The van der Waals surface area contributed by atoms with E-state index in [4.69, 9.17) is 0 Å². The topological polar surface area (TPSA) is 58.4 Å². The van der Waals surface area contributed by atoms with Crippen LogP contribution in [-0.4, -0.2) is 58.1 Å². The smallest absolute Gasteiger partial charge is 0.345 e. The van der Waals surface area contributed by atoms with Crippen LogP contribution in [0.1, 0.15) is 30.7 Å². The number of likely N-dealkylation sites (tertiary alicyclic amines) is 2. The van der Waals surface area contributed by atoms with Gasteiger partial charge >= 0.3 is 6.18 Å². The number of aryl methyl sites for hydroxylation is 1. The van der Waals surface area contributed by atoms with Crippen LogP contribution in [0.3, 0.4) is 0 Å². The summed E-state index contributed by atoms with van der Waals surface area (Å²) in [6.07, 6.45) is -2.51. The quantitative estimate of drug-likeness (QED) is 0.808. The van der Waals surface area contributed by atoms with Gasteiger partial charge in [-0.15, -0.1) is 0 Å². The van der Waals surface area contributed by atoms with Gasteiger partial charge in [-0.1, -0.05) is 0 Å². The second-order valence-corrected chi connectivity index (χ2v) is 6.96. The van der Waals surface area contributed by atoms with Crippen molar-refractivity contribution >= 4 is 11.8 Å². The molecule has 0 unspecified atom stereocenters. The van der Waals surface area contributed by atoms with Crippen LogP contribution in [0.5, 0.6) is 0 Å². The Bertz CT molecular complexity index is 690. The summed E-state index contributed by atoms with van der Waals surface area (Å²) < 4.78 is 39.2. The Hall–Kier alpha value is -2.06. The van der Waals surface area contributed by atoms with Crippen molar-refractivity contribution < 1.29 is 22.8 Å². The van der Waals surface area contributed by atoms with E-state index in [2.05, 4.69) is 5.10 Å². The normalized spacial score (nSPS) is 20.6. The minimum absolute atomic E-state index is 0.136. The number of nitrogens with zero attached hydrogens (tertiary/aromatic N) is 4. The molecule has 2 fully saturated rings. The van der Waals surface area contributed by atoms with E-state index in [-0.39, 0.29) is 23.8 Å². The predicted molar refractivity (Wildman–Crippen MR) is 82.5 cm³/mol. The number of hydrogen-bond acceptors (Lipinski definition) is 3. The first kappa shape index (κ1) is 17.8. The summed E-state index contributed by atoms with van der Waals surface area (Å²) >= 11 is 0. The zero-order chi connectivity index (χ0) is 18.4. The number of carbonyl (C=O) groups is 2. The van der Waals surface area contributed by atoms with Gasteiger partial charge in [0.1, 0.15) is 6.54 Å². The van der Waals surface area contributed by atoms with Crippen molar-refractivity contribution in [1.29, 1.82) is 0 Å². The minimum atomic E-state index is -4.52. The summed E-state index contributed by atoms with van der Waals surface area (Å²) in [6.45, 7) is 2.91. The SMILES string of the molecule is Cc1cc(C(F)(F)F)nn1CC(=O)N1CCC2(CCN(C)C2=O)CC1. The fourth-order valence-electron chi connectivity index (χ4n) is 3.68. The largest absolute Gasteiger partial charge is 0.435 e. The molecule has 6 nitrogen and oxygen atoms in total. The number of halogens is 3. The van der Waals surface area contributed by atoms with Gasteiger partial charge in [0.05, 0.1) is 5.41 Å². The van der Waals surface area contributed by atoms with Gasteiger partial charge in [0, 0.05) is 32.4 Å². The van der Waals surface area contributed by atoms with Gasteiger partial charge in [-0.25, -0.2) is 0 Å². The molecule has 3 rings (SSSR count). The Kier molecular flexibility index (Phi) is 4.28. The molecule has 0 saturated carbocycles. The average molecular weight is 358 g/mol. The molecule has 2 amide bonds. The molecule has 138 valence electrons. The molecule has 0 aliphatic carbocycles. The Morgan fingerprint density at radius 1 is 1.24 bits per heavy atom. The monoisotopic (exact) mass is 358 g/mol. The number of aromatic nitrogens is 2. The van der Waals surface area contributed by atoms with E-state index < -0.39 is 11.9 Å². The minimum Gasteiger partial charge on any atom is -0.345 e. The zero-order valence-corrected chi connectivity index (χ0v) is 14.3. The number of carbonyl (C=O) groups excluding carboxylic acids is 2. The first-order valence-electron chi connectivity index (χ1n) is 8.27. The van der Waals surface area contributed by atoms with Gasteiger partial charge in [-0.3, -0.25) is 14.3 Å². The summed E-state index contributed by atoms with van der Waals surface area (Å²) in [5.41, 5.74) is -1.06. The second kappa shape index (κ2) is 6.03. The molecule has 1 aromatic rings. The van der Waals surface area contributed by atoms with Crippen molar-refractivity contribution in [3.8, 4) is 0 Å². The van der Waals surface area contributed by atoms with Crippen LogP contribution >= 0.6 is 0 Å². The molecule has 0 aromatic carbocycles. The van der Waals surface area contributed by atoms with Crippen LogP contribution in [0, 0.1) is 12.3 Å². The predicted octanol–water partition coefficient (Wildman–Crippen LogP) is 1.68. The van der Waals surface area contributed by atoms with Gasteiger partial charge in [0.25, 0.3) is 0 Å². The molecule has 9 heteroatoms. The Labute approximate surface area is 143 Å². The van der Waals surface area contributed by atoms with Gasteiger partial charge in [-0.2, -0.15) is 18.3 Å². The van der Waals surface area contributed by atoms with Crippen molar-refractivity contribution in [3.05, 3.63) is 17.5 Å². The molecule has 2 aliphatic heterocycles. The molecule has 2 aliphatic rings. The molecule has 2 saturated heterocycles. The highest BCUT2D eigenvalue weighted by Gasteiger charge is 2.47. The fourth-order valence-corrected chi connectivity index (χ4v) is 3.68. The lowest BCUT2D eigenvalue weighted by molar-refractivity contribution is -0.143. The molecule has 3 heterocycles. The number of piperidine rings is 1. The number of alkyl halides is 3. The van der Waals surface area contributed by atoms with E-state index in [1.165, 1.54) is 6.92 Å². The first-order valence-corrected chi connectivity index (χ1v) is 8.27. The summed E-state index contributed by atoms with van der Waals surface area (Å²) in [7, 11) is 1.79. The van der Waals surface area contributed by atoms with E-state index in [0.29, 0.717) is 31.6 Å². The van der Waals surface area contributed by atoms with Crippen LogP contribution in [0.4, 0.5) is 13.2 Å². The van der Waals surface area contributed by atoms with Crippen molar-refractivity contribution in [2.75, 3.05) is 26.7 Å². The summed E-state index contributed by atoms with van der Waals surface area (Å²) in [4.78, 5) is 28.1. The number of rotatable bonds is 2. The standard InChI is InChI=1S/C16H21F3N4O2/c1-11-9-12(16(17,18)19)20-23(11)10-13(24)22-7-4-15(5-8-22)3-6-21(2)14(15)25/h9H,3-8,10H2,1-2H3. The molecule has 0 atom stereocenters. The molecule has 1 aromatic heterocycles. The lowest BCUT2D eigenvalue weighted by Gasteiger charge is -2.37. The van der Waals surface area contributed by atoms with E-state index >= 15 is 0 Å². The van der Waals surface area contributed by atoms with E-state index in [1.54, 1.807) is 16.8 Å². The van der Waals surface area contributed by atoms with Crippen LogP contribution in [0.2, 0.25) is 0 Å². The molecular weight excluding hydrogens is 337 g/mol. The van der Waals surface area contributed by atoms with Crippen molar-refractivity contribution in [1.82, 2.24) is 19.6 Å². The van der Waals surface area contributed by atoms with Gasteiger partial charge in [0.2, 0.25) is 11.8 Å². The molecular formula is C16H21F3N4O2. The average Bonchev–Trinajstić information content (AvgIpc) is 3.04. The maximum Gasteiger partial charge on any atom is 0.435 e. The highest BCUT2D eigenvalue weighted by molar-refractivity contribution is 5.85. The van der Waals surface area contributed by atoms with Crippen molar-refractivity contribution in [3.63, 3.8) is 0 Å². The Balaban J connectivity index is 1.62. The van der Waals surface area contributed by atoms with E-state index in [9.17, 15) is 22.8 Å². The van der Waals surface area contributed by atoms with E-state index in [1.807, 2.05) is 0 Å². The third-order valence-electron chi connectivity index (χ3n) is 5.36. The first-order chi connectivity index (χ1) is 11.6. The maximum absolute atomic E-state index is 12.7. The summed E-state index contributed by atoms with van der Waals surface area (Å²) in [6, 6.07) is 0.936. The molecule has 0 bridgehead atoms. The number of amides is 2. The Morgan fingerprint density at radius 2 is 1.84 bits per heavy atom. The zero-order valence-electron chi connectivity index (χ0n) is 14.3. The van der Waals surface area contributed by atoms with Gasteiger partial charge < -0.3 is 9.80 Å². The highest BCUT2D eigenvalue weighted by Crippen LogP contribution is 2.41. The highest BCUT2D eigenvalue weighted by atomic mass is 19.4. The summed E-state index contributed by atoms with van der Waals surface area (Å²) in [5, 5.41) is 3.49. The molecule has 0 radical (unpaired) electrons. The van der Waals surface area contributed by atoms with Crippen molar-refractivity contribution in [2.24, 2.45) is 5.41 Å². The lowest BCUT2D eigenvalue weighted by Crippen LogP contribution is -2.47. The summed E-state index contributed by atoms with van der Waals surface area (Å²) in [5.74, 6) is -0.133. The molecule has 25 heavy (non-hydrogen) atoms. The lowest BCUT2D eigenvalue weighted by atomic mass is 9.77. The fraction of sp³-hybridized carbons (Fsp3) is 0.688. The van der Waals surface area contributed by atoms with Crippen LogP contribution in [0.25, 0.3) is 0 Å². The number of hydrogen-bond donors (Lipinski definition) is 0. The van der Waals surface area contributed by atoms with Gasteiger partial charge in [-0.05, 0) is 32.3 Å². The molecule has 0 N–H and O–H groups in total. The van der Waals surface area contributed by atoms with Crippen LogP contribution in [-0.2, 0) is 22.3 Å². The third kappa shape index (κ3) is 3.23. The maximum atomic E-state index is 12.7. The van der Waals surface area contributed by atoms with Crippen LogP contribution in [0.15, 0.2) is 6.07 Å². The van der Waals surface area contributed by atoms with E-state index in [0.717, 1.165) is 23.7 Å². The third-order valence-corrected chi connectivity index (χ3v) is 5.36. The van der Waals surface area contributed by atoms with Gasteiger partial charge in [0.15, 0.2) is 5.69 Å². The Morgan fingerprint density at radius 3 is 2.32 bits per heavy atom. The molecule has 1 spiro atoms. The van der Waals surface area contributed by atoms with Crippen LogP contribution < -0.4 is 0 Å².